The molecule has 1 heterocycles. The van der Waals surface area contributed by atoms with Gasteiger partial charge >= 0.3 is 5.97 Å². The Morgan fingerprint density at radius 2 is 2.30 bits per heavy atom. The molecule has 0 saturated heterocycles. The molecule has 0 aromatic carbocycles. The van der Waals surface area contributed by atoms with Crippen molar-refractivity contribution in [3.05, 3.63) is 12.4 Å². The van der Waals surface area contributed by atoms with Gasteiger partial charge in [0, 0.05) is 12.1 Å². The number of anilines is 1. The van der Waals surface area contributed by atoms with E-state index < -0.39 is 0 Å². The van der Waals surface area contributed by atoms with E-state index in [4.69, 9.17) is 0 Å². The summed E-state index contributed by atoms with van der Waals surface area (Å²) >= 11 is 0. The highest BCUT2D eigenvalue weighted by molar-refractivity contribution is 5.92. The second-order valence-corrected chi connectivity index (χ2v) is 5.77. The number of amides is 1. The lowest BCUT2D eigenvalue weighted by atomic mass is 9.88. The maximum Gasteiger partial charge on any atom is 0.327 e. The van der Waals surface area contributed by atoms with E-state index in [1.807, 2.05) is 0 Å². The normalized spacial score (nSPS) is 27.6. The number of hydrogen-bond acceptors (Lipinski definition) is 4. The van der Waals surface area contributed by atoms with E-state index in [1.165, 1.54) is 31.1 Å². The number of nitrogens with one attached hydrogen (secondary N) is 1. The molecule has 0 spiro atoms. The lowest BCUT2D eigenvalue weighted by Gasteiger charge is -2.20. The number of aromatic nitrogens is 2. The summed E-state index contributed by atoms with van der Waals surface area (Å²) in [6, 6.07) is 0. The highest BCUT2D eigenvalue weighted by Gasteiger charge is 2.43. The van der Waals surface area contributed by atoms with Gasteiger partial charge in [0.2, 0.25) is 5.91 Å². The van der Waals surface area contributed by atoms with Crippen LogP contribution in [0.15, 0.2) is 12.4 Å². The Morgan fingerprint density at radius 1 is 1.45 bits per heavy atom. The molecule has 2 saturated carbocycles. The number of esters is 1. The van der Waals surface area contributed by atoms with Crippen molar-refractivity contribution in [3.8, 4) is 0 Å². The molecule has 1 amide bonds. The van der Waals surface area contributed by atoms with Gasteiger partial charge in [0.05, 0.1) is 19.0 Å². The van der Waals surface area contributed by atoms with Crippen LogP contribution in [0.25, 0.3) is 0 Å². The highest BCUT2D eigenvalue weighted by atomic mass is 16.5. The van der Waals surface area contributed by atoms with Gasteiger partial charge in [-0.2, -0.15) is 5.10 Å². The van der Waals surface area contributed by atoms with Crippen LogP contribution < -0.4 is 5.32 Å². The van der Waals surface area contributed by atoms with Crippen LogP contribution in [0.1, 0.15) is 25.7 Å². The Kier molecular flexibility index (Phi) is 3.46. The van der Waals surface area contributed by atoms with Crippen LogP contribution in [0.5, 0.6) is 0 Å². The van der Waals surface area contributed by atoms with Crippen LogP contribution in [0, 0.1) is 17.8 Å². The largest absolute Gasteiger partial charge is 0.468 e. The second kappa shape index (κ2) is 5.26. The van der Waals surface area contributed by atoms with Crippen molar-refractivity contribution in [1.29, 1.82) is 0 Å². The van der Waals surface area contributed by atoms with Gasteiger partial charge < -0.3 is 10.1 Å². The van der Waals surface area contributed by atoms with Gasteiger partial charge in [-0.1, -0.05) is 6.42 Å². The van der Waals surface area contributed by atoms with Crippen LogP contribution >= 0.6 is 0 Å². The third kappa shape index (κ3) is 2.55. The number of carbonyl (C=O) groups is 2. The van der Waals surface area contributed by atoms with Gasteiger partial charge in [-0.25, -0.2) is 0 Å². The van der Waals surface area contributed by atoms with Crippen LogP contribution in [-0.2, 0) is 20.9 Å². The molecule has 2 fully saturated rings. The molecule has 3 unspecified atom stereocenters. The maximum absolute atomic E-state index is 12.3. The van der Waals surface area contributed by atoms with Gasteiger partial charge in [-0.15, -0.1) is 0 Å². The molecule has 2 aliphatic carbocycles. The summed E-state index contributed by atoms with van der Waals surface area (Å²) in [6.07, 6.45) is 7.92. The van der Waals surface area contributed by atoms with Crippen molar-refractivity contribution in [3.63, 3.8) is 0 Å². The predicted molar refractivity (Wildman–Crippen MR) is 71.8 cm³/mol. The molecule has 0 radical (unpaired) electrons. The van der Waals surface area contributed by atoms with Crippen molar-refractivity contribution in [1.82, 2.24) is 9.78 Å². The Hall–Kier alpha value is -1.85. The first-order chi connectivity index (χ1) is 9.65. The zero-order valence-electron chi connectivity index (χ0n) is 11.5. The van der Waals surface area contributed by atoms with Crippen molar-refractivity contribution in [2.45, 2.75) is 32.2 Å². The van der Waals surface area contributed by atoms with Crippen LogP contribution in [-0.4, -0.2) is 28.8 Å². The smallest absolute Gasteiger partial charge is 0.327 e. The molecule has 1 aromatic heterocycles. The molecular formula is C14H19N3O3. The first kappa shape index (κ1) is 13.1. The Morgan fingerprint density at radius 3 is 2.95 bits per heavy atom. The van der Waals surface area contributed by atoms with Crippen molar-refractivity contribution in [2.24, 2.45) is 17.8 Å². The SMILES string of the molecule is COC(=O)Cn1cc(NC(=O)C2CC3CCC2C3)cn1. The fourth-order valence-corrected chi connectivity index (χ4v) is 3.51. The van der Waals surface area contributed by atoms with E-state index in [9.17, 15) is 9.59 Å². The molecule has 2 aliphatic rings. The summed E-state index contributed by atoms with van der Waals surface area (Å²) < 4.78 is 6.03. The number of carbonyl (C=O) groups excluding carboxylic acids is 2. The molecule has 6 nitrogen and oxygen atoms in total. The minimum Gasteiger partial charge on any atom is -0.468 e. The van der Waals surface area contributed by atoms with E-state index in [0.29, 0.717) is 11.6 Å². The zero-order chi connectivity index (χ0) is 14.1. The third-order valence-corrected chi connectivity index (χ3v) is 4.49. The van der Waals surface area contributed by atoms with Crippen molar-refractivity contribution in [2.75, 3.05) is 12.4 Å². The predicted octanol–water partition coefficient (Wildman–Crippen LogP) is 1.43. The number of ether oxygens (including phenoxy) is 1. The van der Waals surface area contributed by atoms with Gasteiger partial charge in [-0.3, -0.25) is 14.3 Å². The van der Waals surface area contributed by atoms with Crippen LogP contribution in [0.3, 0.4) is 0 Å². The van der Waals surface area contributed by atoms with Crippen molar-refractivity contribution < 1.29 is 14.3 Å². The van der Waals surface area contributed by atoms with E-state index in [1.54, 1.807) is 12.4 Å². The Labute approximate surface area is 117 Å². The number of fused-ring (bicyclic) bond motifs is 2. The zero-order valence-corrected chi connectivity index (χ0v) is 11.5. The number of methoxy groups -OCH3 is 1. The summed E-state index contributed by atoms with van der Waals surface area (Å²) in [6.45, 7) is 0.0560. The average molecular weight is 277 g/mol. The van der Waals surface area contributed by atoms with Crippen LogP contribution in [0.2, 0.25) is 0 Å². The fourth-order valence-electron chi connectivity index (χ4n) is 3.51. The molecular weight excluding hydrogens is 258 g/mol. The quantitative estimate of drug-likeness (QED) is 0.845. The molecule has 108 valence electrons. The average Bonchev–Trinajstić information content (AvgIpc) is 3.14. The minimum atomic E-state index is -0.362. The summed E-state index contributed by atoms with van der Waals surface area (Å²) in [5, 5.41) is 6.94. The molecule has 3 atom stereocenters. The number of rotatable bonds is 4. The fraction of sp³-hybridized carbons (Fsp3) is 0.643. The summed E-state index contributed by atoms with van der Waals surface area (Å²) in [4.78, 5) is 23.4. The van der Waals surface area contributed by atoms with E-state index in [-0.39, 0.29) is 24.3 Å². The highest BCUT2D eigenvalue weighted by Crippen LogP contribution is 2.48. The number of nitrogens with zero attached hydrogens (tertiary/aromatic N) is 2. The number of hydrogen-bond donors (Lipinski definition) is 1. The summed E-state index contributed by atoms with van der Waals surface area (Å²) in [5.74, 6) is 1.19. The minimum absolute atomic E-state index is 0.0560. The van der Waals surface area contributed by atoms with E-state index >= 15 is 0 Å². The molecule has 20 heavy (non-hydrogen) atoms. The first-order valence-electron chi connectivity index (χ1n) is 7.06. The van der Waals surface area contributed by atoms with Gasteiger partial charge in [0.25, 0.3) is 0 Å². The molecule has 6 heteroatoms. The topological polar surface area (TPSA) is 73.2 Å². The van der Waals surface area contributed by atoms with Gasteiger partial charge in [0.1, 0.15) is 6.54 Å². The molecule has 0 aliphatic heterocycles. The van der Waals surface area contributed by atoms with Gasteiger partial charge in [0.15, 0.2) is 0 Å². The van der Waals surface area contributed by atoms with E-state index in [2.05, 4.69) is 15.2 Å². The second-order valence-electron chi connectivity index (χ2n) is 5.77. The molecule has 1 aromatic rings. The molecule has 2 bridgehead atoms. The van der Waals surface area contributed by atoms with Crippen LogP contribution in [0.4, 0.5) is 5.69 Å². The first-order valence-corrected chi connectivity index (χ1v) is 7.06. The van der Waals surface area contributed by atoms with E-state index in [0.717, 1.165) is 12.3 Å². The standard InChI is InChI=1S/C14H19N3O3/c1-20-13(18)8-17-7-11(6-15-17)16-14(19)12-5-9-2-3-10(12)4-9/h6-7,9-10,12H,2-5,8H2,1H3,(H,16,19). The molecule has 1 N–H and O–H groups in total. The Bertz CT molecular complexity index is 525. The Balaban J connectivity index is 1.58. The summed E-state index contributed by atoms with van der Waals surface area (Å²) in [7, 11) is 1.34. The monoisotopic (exact) mass is 277 g/mol. The summed E-state index contributed by atoms with van der Waals surface area (Å²) in [5.41, 5.74) is 0.640. The lowest BCUT2D eigenvalue weighted by molar-refractivity contribution is -0.141. The lowest BCUT2D eigenvalue weighted by Crippen LogP contribution is -2.27. The molecule has 3 rings (SSSR count). The maximum atomic E-state index is 12.3. The van der Waals surface area contributed by atoms with Crippen molar-refractivity contribution >= 4 is 17.6 Å². The van der Waals surface area contributed by atoms with Gasteiger partial charge in [-0.05, 0) is 31.1 Å². The third-order valence-electron chi connectivity index (χ3n) is 4.49.